The number of aromatic amines is 1. The van der Waals surface area contributed by atoms with Crippen molar-refractivity contribution in [1.82, 2.24) is 25.3 Å². The smallest absolute Gasteiger partial charge is 0.352 e. The molecule has 5 rings (SSSR count). The number of carboxylic acid groups (broad SMARTS) is 1. The van der Waals surface area contributed by atoms with Crippen LogP contribution in [-0.4, -0.2) is 42.7 Å². The first-order valence-electron chi connectivity index (χ1n) is 8.63. The van der Waals surface area contributed by atoms with Crippen LogP contribution in [0.4, 0.5) is 0 Å². The van der Waals surface area contributed by atoms with Crippen molar-refractivity contribution in [3.05, 3.63) is 34.4 Å². The highest BCUT2D eigenvalue weighted by molar-refractivity contribution is 6.43. The summed E-state index contributed by atoms with van der Waals surface area (Å²) in [6, 6.07) is 0.157. The zero-order chi connectivity index (χ0) is 18.2. The Morgan fingerprint density at radius 1 is 1.38 bits per heavy atom. The monoisotopic (exact) mass is 355 g/mol. The molecule has 2 aliphatic carbocycles. The van der Waals surface area contributed by atoms with Gasteiger partial charge in [0.05, 0.1) is 17.3 Å². The van der Waals surface area contributed by atoms with Gasteiger partial charge in [0.2, 0.25) is 0 Å². The molecule has 0 unspecified atom stereocenters. The predicted molar refractivity (Wildman–Crippen MR) is 86.7 cm³/mol. The van der Waals surface area contributed by atoms with E-state index in [0.717, 1.165) is 6.42 Å². The SMILES string of the molecule is Cc1c(C(=O)C(=O)NC2(c3cn[nH]n3)CC2)c2n(c1C(=O)O)[C@@H]1C[C@@H]1C2. The minimum atomic E-state index is -1.06. The summed E-state index contributed by atoms with van der Waals surface area (Å²) in [6.45, 7) is 1.61. The molecule has 2 saturated carbocycles. The molecule has 2 atom stereocenters. The van der Waals surface area contributed by atoms with Crippen molar-refractivity contribution in [2.45, 2.75) is 44.2 Å². The Labute approximate surface area is 147 Å². The number of Topliss-reactive ketones (excluding diaryl/α,β-unsaturated/α-hetero) is 1. The van der Waals surface area contributed by atoms with Crippen LogP contribution in [0.2, 0.25) is 0 Å². The molecule has 0 spiro atoms. The number of carbonyl (C=O) groups excluding carboxylic acids is 2. The molecule has 2 aromatic rings. The lowest BCUT2D eigenvalue weighted by molar-refractivity contribution is -0.118. The van der Waals surface area contributed by atoms with E-state index in [1.165, 1.54) is 6.20 Å². The number of ketones is 1. The third-order valence-electron chi connectivity index (χ3n) is 5.87. The van der Waals surface area contributed by atoms with E-state index in [-0.39, 0.29) is 17.3 Å². The summed E-state index contributed by atoms with van der Waals surface area (Å²) < 4.78 is 1.76. The van der Waals surface area contributed by atoms with Gasteiger partial charge in [-0.1, -0.05) is 0 Å². The molecule has 9 nitrogen and oxygen atoms in total. The normalized spacial score (nSPS) is 23.9. The number of aromatic carboxylic acids is 1. The van der Waals surface area contributed by atoms with Crippen LogP contribution >= 0.6 is 0 Å². The fraction of sp³-hybridized carbons (Fsp3) is 0.471. The zero-order valence-electron chi connectivity index (χ0n) is 14.1. The highest BCUT2D eigenvalue weighted by Gasteiger charge is 2.52. The van der Waals surface area contributed by atoms with E-state index < -0.39 is 23.2 Å². The molecule has 134 valence electrons. The van der Waals surface area contributed by atoms with Gasteiger partial charge >= 0.3 is 5.97 Å². The molecule has 3 aliphatic rings. The summed E-state index contributed by atoms with van der Waals surface area (Å²) in [5, 5.41) is 22.6. The lowest BCUT2D eigenvalue weighted by atomic mass is 10.0. The van der Waals surface area contributed by atoms with Gasteiger partial charge in [0.15, 0.2) is 0 Å². The minimum Gasteiger partial charge on any atom is -0.477 e. The summed E-state index contributed by atoms with van der Waals surface area (Å²) >= 11 is 0. The fourth-order valence-corrected chi connectivity index (χ4v) is 4.31. The van der Waals surface area contributed by atoms with Gasteiger partial charge in [0, 0.05) is 11.7 Å². The van der Waals surface area contributed by atoms with E-state index in [4.69, 9.17) is 0 Å². The number of nitrogens with one attached hydrogen (secondary N) is 2. The second-order valence-electron chi connectivity index (χ2n) is 7.46. The Bertz CT molecular complexity index is 970. The van der Waals surface area contributed by atoms with E-state index in [1.54, 1.807) is 11.5 Å². The second kappa shape index (κ2) is 4.80. The predicted octanol–water partition coefficient (Wildman–Crippen LogP) is 0.718. The van der Waals surface area contributed by atoms with Gasteiger partial charge in [-0.2, -0.15) is 15.4 Å². The van der Waals surface area contributed by atoms with E-state index in [0.29, 0.717) is 42.1 Å². The van der Waals surface area contributed by atoms with Gasteiger partial charge in [-0.15, -0.1) is 0 Å². The highest BCUT2D eigenvalue weighted by Crippen LogP contribution is 2.54. The Balaban J connectivity index is 1.48. The third-order valence-corrected chi connectivity index (χ3v) is 5.87. The van der Waals surface area contributed by atoms with Crippen molar-refractivity contribution in [2.24, 2.45) is 5.92 Å². The average Bonchev–Trinajstić information content (AvgIpc) is 3.38. The number of fused-ring (bicyclic) bond motifs is 3. The number of carboxylic acids is 1. The standard InChI is InChI=1S/C17H17N5O4/c1-7-12(10-5-8-4-9(8)22(10)13(7)16(25)26)14(23)15(24)19-17(2-3-17)11-6-18-21-20-11/h6,8-9H,2-5H2,1H3,(H,19,24)(H,25,26)(H,18,20,21)/t8-,9-/m1/s1. The molecule has 0 saturated heterocycles. The number of hydrogen-bond donors (Lipinski definition) is 3. The van der Waals surface area contributed by atoms with E-state index >= 15 is 0 Å². The number of hydrogen-bond acceptors (Lipinski definition) is 5. The van der Waals surface area contributed by atoms with Crippen LogP contribution in [0.15, 0.2) is 6.20 Å². The summed E-state index contributed by atoms with van der Waals surface area (Å²) in [7, 11) is 0. The van der Waals surface area contributed by atoms with Crippen LogP contribution in [0.5, 0.6) is 0 Å². The highest BCUT2D eigenvalue weighted by atomic mass is 16.4. The molecule has 1 aliphatic heterocycles. The van der Waals surface area contributed by atoms with Crippen LogP contribution in [0.3, 0.4) is 0 Å². The zero-order valence-corrected chi connectivity index (χ0v) is 14.1. The van der Waals surface area contributed by atoms with Gasteiger partial charge in [0.25, 0.3) is 11.7 Å². The molecule has 26 heavy (non-hydrogen) atoms. The first-order chi connectivity index (χ1) is 12.4. The van der Waals surface area contributed by atoms with Crippen LogP contribution in [-0.2, 0) is 16.8 Å². The van der Waals surface area contributed by atoms with Crippen LogP contribution in [0.1, 0.15) is 63.1 Å². The molecule has 3 N–H and O–H groups in total. The van der Waals surface area contributed by atoms with Crippen LogP contribution < -0.4 is 5.32 Å². The summed E-state index contributed by atoms with van der Waals surface area (Å²) in [5.41, 5.74) is 1.41. The molecule has 2 fully saturated rings. The van der Waals surface area contributed by atoms with Crippen LogP contribution in [0, 0.1) is 12.8 Å². The second-order valence-corrected chi connectivity index (χ2v) is 7.46. The van der Waals surface area contributed by atoms with Crippen LogP contribution in [0.25, 0.3) is 0 Å². The number of rotatable bonds is 5. The van der Waals surface area contributed by atoms with E-state index in [1.807, 2.05) is 0 Å². The Morgan fingerprint density at radius 3 is 2.77 bits per heavy atom. The maximum Gasteiger partial charge on any atom is 0.352 e. The van der Waals surface area contributed by atoms with Gasteiger partial charge in [-0.05, 0) is 44.1 Å². The molecule has 1 amide bonds. The minimum absolute atomic E-state index is 0.138. The maximum absolute atomic E-state index is 12.9. The van der Waals surface area contributed by atoms with Crippen molar-refractivity contribution < 1.29 is 19.5 Å². The van der Waals surface area contributed by atoms with E-state index in [9.17, 15) is 19.5 Å². The molecule has 2 aromatic heterocycles. The molecule has 9 heteroatoms. The molecular weight excluding hydrogens is 338 g/mol. The fourth-order valence-electron chi connectivity index (χ4n) is 4.31. The van der Waals surface area contributed by atoms with Crippen molar-refractivity contribution in [3.8, 4) is 0 Å². The van der Waals surface area contributed by atoms with Crippen molar-refractivity contribution in [2.75, 3.05) is 0 Å². The Morgan fingerprint density at radius 2 is 2.15 bits per heavy atom. The quantitative estimate of drug-likeness (QED) is 0.535. The molecule has 0 radical (unpaired) electrons. The van der Waals surface area contributed by atoms with E-state index in [2.05, 4.69) is 20.7 Å². The summed E-state index contributed by atoms with van der Waals surface area (Å²) in [5.74, 6) is -2.06. The van der Waals surface area contributed by atoms with Gasteiger partial charge in [-0.25, -0.2) is 4.79 Å². The maximum atomic E-state index is 12.9. The Kier molecular flexibility index (Phi) is 2.83. The molecule has 3 heterocycles. The largest absolute Gasteiger partial charge is 0.477 e. The molecule has 0 aromatic carbocycles. The number of amides is 1. The van der Waals surface area contributed by atoms with Gasteiger partial charge < -0.3 is 15.0 Å². The number of aromatic nitrogens is 4. The lowest BCUT2D eigenvalue weighted by Crippen LogP contribution is -2.40. The first kappa shape index (κ1) is 15.3. The topological polar surface area (TPSA) is 130 Å². The molecular formula is C17H17N5O4. The number of carbonyl (C=O) groups is 3. The lowest BCUT2D eigenvalue weighted by Gasteiger charge is -2.14. The average molecular weight is 355 g/mol. The van der Waals surface area contributed by atoms with Crippen molar-refractivity contribution in [3.63, 3.8) is 0 Å². The van der Waals surface area contributed by atoms with Gasteiger partial charge in [0.1, 0.15) is 11.4 Å². The number of nitrogens with zero attached hydrogens (tertiary/aromatic N) is 3. The molecule has 0 bridgehead atoms. The Hall–Kier alpha value is -2.97. The van der Waals surface area contributed by atoms with Gasteiger partial charge in [-0.3, -0.25) is 9.59 Å². The first-order valence-corrected chi connectivity index (χ1v) is 8.63. The summed E-state index contributed by atoms with van der Waals surface area (Å²) in [6.07, 6.45) is 4.51. The van der Waals surface area contributed by atoms with Crippen molar-refractivity contribution in [1.29, 1.82) is 0 Å². The summed E-state index contributed by atoms with van der Waals surface area (Å²) in [4.78, 5) is 37.2. The number of H-pyrrole nitrogens is 1. The van der Waals surface area contributed by atoms with Crippen molar-refractivity contribution >= 4 is 17.7 Å². The third kappa shape index (κ3) is 1.94.